The van der Waals surface area contributed by atoms with Crippen LogP contribution in [0.5, 0.6) is 0 Å². The smallest absolute Gasteiger partial charge is 0.130 e. The Morgan fingerprint density at radius 2 is 2.26 bits per heavy atom. The number of pyridine rings is 1. The molecule has 3 heteroatoms. The van der Waals surface area contributed by atoms with Crippen molar-refractivity contribution in [2.75, 3.05) is 25.0 Å². The van der Waals surface area contributed by atoms with Gasteiger partial charge >= 0.3 is 0 Å². The van der Waals surface area contributed by atoms with Crippen LogP contribution >= 0.6 is 0 Å². The Morgan fingerprint density at radius 1 is 1.37 bits per heavy atom. The Morgan fingerprint density at radius 3 is 3.05 bits per heavy atom. The first-order valence-electron chi connectivity index (χ1n) is 7.79. The van der Waals surface area contributed by atoms with Crippen LogP contribution in [-0.4, -0.2) is 29.5 Å². The molecule has 0 amide bonds. The van der Waals surface area contributed by atoms with Crippen molar-refractivity contribution in [3.8, 4) is 0 Å². The van der Waals surface area contributed by atoms with E-state index in [0.29, 0.717) is 6.04 Å². The number of hydrogen-bond donors (Lipinski definition) is 1. The highest BCUT2D eigenvalue weighted by molar-refractivity contribution is 5.46. The molecule has 1 aromatic rings. The second-order valence-corrected chi connectivity index (χ2v) is 5.42. The summed E-state index contributed by atoms with van der Waals surface area (Å²) >= 11 is 0. The number of hydrogen-bond acceptors (Lipinski definition) is 3. The molecule has 106 valence electrons. The summed E-state index contributed by atoms with van der Waals surface area (Å²) in [6.07, 6.45) is 8.15. The fourth-order valence-corrected chi connectivity index (χ4v) is 2.95. The standard InChI is InChI=1S/C16H27N3/c1-3-5-10-17-16-14(8-6-11-18-16)15-9-7-13-19(15)12-4-2/h6,8,11,15H,3-5,7,9-10,12-13H2,1-2H3,(H,17,18). The Bertz CT molecular complexity index is 378. The van der Waals surface area contributed by atoms with Gasteiger partial charge in [0.1, 0.15) is 5.82 Å². The van der Waals surface area contributed by atoms with Gasteiger partial charge in [-0.15, -0.1) is 0 Å². The van der Waals surface area contributed by atoms with Crippen molar-refractivity contribution >= 4 is 5.82 Å². The van der Waals surface area contributed by atoms with E-state index < -0.39 is 0 Å². The largest absolute Gasteiger partial charge is 0.370 e. The highest BCUT2D eigenvalue weighted by Gasteiger charge is 2.27. The highest BCUT2D eigenvalue weighted by atomic mass is 15.2. The monoisotopic (exact) mass is 261 g/mol. The van der Waals surface area contributed by atoms with Crippen LogP contribution in [0.1, 0.15) is 57.6 Å². The number of unbranched alkanes of at least 4 members (excludes halogenated alkanes) is 1. The maximum Gasteiger partial charge on any atom is 0.130 e. The van der Waals surface area contributed by atoms with Crippen LogP contribution in [0.3, 0.4) is 0 Å². The zero-order valence-electron chi connectivity index (χ0n) is 12.4. The van der Waals surface area contributed by atoms with Crippen LogP contribution in [-0.2, 0) is 0 Å². The Hall–Kier alpha value is -1.09. The van der Waals surface area contributed by atoms with Crippen molar-refractivity contribution < 1.29 is 0 Å². The van der Waals surface area contributed by atoms with Gasteiger partial charge in [0.25, 0.3) is 0 Å². The summed E-state index contributed by atoms with van der Waals surface area (Å²) in [5.74, 6) is 1.10. The van der Waals surface area contributed by atoms with Crippen molar-refractivity contribution in [3.63, 3.8) is 0 Å². The molecule has 1 aliphatic rings. The number of rotatable bonds is 7. The molecule has 0 saturated carbocycles. The van der Waals surface area contributed by atoms with E-state index in [-0.39, 0.29) is 0 Å². The number of aromatic nitrogens is 1. The Labute approximate surface area is 117 Å². The van der Waals surface area contributed by atoms with Gasteiger partial charge in [-0.3, -0.25) is 4.90 Å². The molecule has 0 bridgehead atoms. The molecule has 19 heavy (non-hydrogen) atoms. The molecular weight excluding hydrogens is 234 g/mol. The second kappa shape index (κ2) is 7.49. The van der Waals surface area contributed by atoms with Gasteiger partial charge in [-0.25, -0.2) is 4.98 Å². The lowest BCUT2D eigenvalue weighted by Gasteiger charge is -2.25. The molecular formula is C16H27N3. The van der Waals surface area contributed by atoms with Crippen molar-refractivity contribution in [3.05, 3.63) is 23.9 Å². The first-order valence-corrected chi connectivity index (χ1v) is 7.79. The van der Waals surface area contributed by atoms with Gasteiger partial charge in [-0.05, 0) is 44.8 Å². The zero-order valence-corrected chi connectivity index (χ0v) is 12.4. The lowest BCUT2D eigenvalue weighted by atomic mass is 10.1. The molecule has 1 unspecified atom stereocenters. The topological polar surface area (TPSA) is 28.2 Å². The van der Waals surface area contributed by atoms with Crippen LogP contribution in [0.2, 0.25) is 0 Å². The van der Waals surface area contributed by atoms with E-state index in [1.54, 1.807) is 0 Å². The maximum atomic E-state index is 4.55. The highest BCUT2D eigenvalue weighted by Crippen LogP contribution is 2.34. The zero-order chi connectivity index (χ0) is 13.5. The average Bonchev–Trinajstić information content (AvgIpc) is 2.88. The third-order valence-electron chi connectivity index (χ3n) is 3.90. The molecule has 1 aromatic heterocycles. The number of likely N-dealkylation sites (tertiary alicyclic amines) is 1. The third kappa shape index (κ3) is 3.69. The Balaban J connectivity index is 2.09. The first-order chi connectivity index (χ1) is 9.36. The van der Waals surface area contributed by atoms with Crippen LogP contribution in [0.15, 0.2) is 18.3 Å². The summed E-state index contributed by atoms with van der Waals surface area (Å²) in [4.78, 5) is 7.16. The minimum absolute atomic E-state index is 0.567. The van der Waals surface area contributed by atoms with Crippen LogP contribution < -0.4 is 5.32 Å². The number of nitrogens with zero attached hydrogens (tertiary/aromatic N) is 2. The first kappa shape index (κ1) is 14.3. The average molecular weight is 261 g/mol. The maximum absolute atomic E-state index is 4.55. The van der Waals surface area contributed by atoms with Crippen molar-refractivity contribution in [2.24, 2.45) is 0 Å². The number of anilines is 1. The van der Waals surface area contributed by atoms with Gasteiger partial charge < -0.3 is 5.32 Å². The van der Waals surface area contributed by atoms with Gasteiger partial charge in [-0.2, -0.15) is 0 Å². The second-order valence-electron chi connectivity index (χ2n) is 5.42. The van der Waals surface area contributed by atoms with E-state index in [1.807, 2.05) is 6.20 Å². The lowest BCUT2D eigenvalue weighted by Crippen LogP contribution is -2.25. The van der Waals surface area contributed by atoms with Crippen molar-refractivity contribution in [1.82, 2.24) is 9.88 Å². The van der Waals surface area contributed by atoms with Gasteiger partial charge in [0.15, 0.2) is 0 Å². The summed E-state index contributed by atoms with van der Waals surface area (Å²) in [6.45, 7) is 7.96. The molecule has 1 fully saturated rings. The summed E-state index contributed by atoms with van der Waals surface area (Å²) in [6, 6.07) is 4.89. The van der Waals surface area contributed by atoms with Crippen LogP contribution in [0, 0.1) is 0 Å². The molecule has 2 heterocycles. The van der Waals surface area contributed by atoms with Gasteiger partial charge in [-0.1, -0.05) is 26.3 Å². The van der Waals surface area contributed by atoms with Crippen molar-refractivity contribution in [2.45, 2.75) is 52.0 Å². The minimum Gasteiger partial charge on any atom is -0.370 e. The molecule has 1 atom stereocenters. The molecule has 2 rings (SSSR count). The SMILES string of the molecule is CCCCNc1ncccc1C1CCCN1CCC. The van der Waals surface area contributed by atoms with Gasteiger partial charge in [0.05, 0.1) is 0 Å². The number of nitrogens with one attached hydrogen (secondary N) is 1. The fraction of sp³-hybridized carbons (Fsp3) is 0.688. The van der Waals surface area contributed by atoms with Crippen molar-refractivity contribution in [1.29, 1.82) is 0 Å². The summed E-state index contributed by atoms with van der Waals surface area (Å²) in [5, 5.41) is 3.52. The van der Waals surface area contributed by atoms with E-state index in [9.17, 15) is 0 Å². The van der Waals surface area contributed by atoms with Gasteiger partial charge in [0.2, 0.25) is 0 Å². The Kier molecular flexibility index (Phi) is 5.64. The van der Waals surface area contributed by atoms with E-state index in [0.717, 1.165) is 12.4 Å². The molecule has 0 radical (unpaired) electrons. The summed E-state index contributed by atoms with van der Waals surface area (Å²) in [5.41, 5.74) is 1.39. The van der Waals surface area contributed by atoms with E-state index >= 15 is 0 Å². The third-order valence-corrected chi connectivity index (χ3v) is 3.90. The van der Waals surface area contributed by atoms with E-state index in [4.69, 9.17) is 0 Å². The molecule has 3 nitrogen and oxygen atoms in total. The quantitative estimate of drug-likeness (QED) is 0.756. The summed E-state index contributed by atoms with van der Waals surface area (Å²) in [7, 11) is 0. The molecule has 1 aliphatic heterocycles. The predicted molar refractivity (Wildman–Crippen MR) is 81.5 cm³/mol. The minimum atomic E-state index is 0.567. The summed E-state index contributed by atoms with van der Waals surface area (Å²) < 4.78 is 0. The normalized spacial score (nSPS) is 19.8. The fourth-order valence-electron chi connectivity index (χ4n) is 2.95. The molecule has 0 spiro atoms. The van der Waals surface area contributed by atoms with E-state index in [2.05, 4.69) is 41.2 Å². The van der Waals surface area contributed by atoms with E-state index in [1.165, 1.54) is 50.8 Å². The predicted octanol–water partition coefficient (Wildman–Crippen LogP) is 3.84. The lowest BCUT2D eigenvalue weighted by molar-refractivity contribution is 0.258. The molecule has 1 N–H and O–H groups in total. The van der Waals surface area contributed by atoms with Crippen LogP contribution in [0.25, 0.3) is 0 Å². The van der Waals surface area contributed by atoms with Crippen LogP contribution in [0.4, 0.5) is 5.82 Å². The molecule has 0 aliphatic carbocycles. The molecule has 0 aromatic carbocycles. The van der Waals surface area contributed by atoms with Gasteiger partial charge in [0, 0.05) is 24.3 Å². The molecule has 1 saturated heterocycles.